The first-order chi connectivity index (χ1) is 14.9. The molecule has 0 atom stereocenters. The van der Waals surface area contributed by atoms with Crippen LogP contribution in [0.5, 0.6) is 0 Å². The Bertz CT molecular complexity index is 1280. The van der Waals surface area contributed by atoms with E-state index in [1.807, 2.05) is 12.1 Å². The standard InChI is InChI=1S/C19H17FN8O2S/c20-16-10-22-19(26-14-5-7-15(8-6-14)31(21,29)30)27-18(16)25-13-3-1-12(2-4-13)9-17-23-11-24-28-17/h1-8,10-11H,9H2,(H2,21,29,30)(H,23,24,28)(H2,22,25,26,27). The van der Waals surface area contributed by atoms with E-state index in [0.29, 0.717) is 23.6 Å². The van der Waals surface area contributed by atoms with Gasteiger partial charge in [0.15, 0.2) is 17.5 Å². The van der Waals surface area contributed by atoms with Gasteiger partial charge < -0.3 is 10.6 Å². The number of hydrogen-bond acceptors (Lipinski definition) is 8. The van der Waals surface area contributed by atoms with Crippen molar-refractivity contribution in [3.05, 3.63) is 78.3 Å². The molecule has 0 spiro atoms. The number of anilines is 4. The Labute approximate surface area is 176 Å². The normalized spacial score (nSPS) is 11.3. The Balaban J connectivity index is 1.46. The zero-order chi connectivity index (χ0) is 21.8. The predicted octanol–water partition coefficient (Wildman–Crippen LogP) is 2.46. The van der Waals surface area contributed by atoms with Crippen LogP contribution in [-0.4, -0.2) is 33.6 Å². The number of primary sulfonamides is 1. The highest BCUT2D eigenvalue weighted by Gasteiger charge is 2.10. The van der Waals surface area contributed by atoms with Crippen molar-refractivity contribution in [1.29, 1.82) is 0 Å². The Hall–Kier alpha value is -3.90. The van der Waals surface area contributed by atoms with Crippen molar-refractivity contribution in [2.75, 3.05) is 10.6 Å². The van der Waals surface area contributed by atoms with Crippen LogP contribution in [0.15, 0.2) is 66.0 Å². The summed E-state index contributed by atoms with van der Waals surface area (Å²) in [5.41, 5.74) is 2.15. The zero-order valence-corrected chi connectivity index (χ0v) is 16.8. The molecule has 4 aromatic rings. The summed E-state index contributed by atoms with van der Waals surface area (Å²) in [6.07, 6.45) is 3.13. The van der Waals surface area contributed by atoms with Gasteiger partial charge in [-0.15, -0.1) is 0 Å². The molecule has 2 aromatic heterocycles. The third-order valence-corrected chi connectivity index (χ3v) is 5.16. The monoisotopic (exact) mass is 440 g/mol. The quantitative estimate of drug-likeness (QED) is 0.342. The summed E-state index contributed by atoms with van der Waals surface area (Å²) in [5, 5.41) is 17.6. The molecule has 10 nitrogen and oxygen atoms in total. The van der Waals surface area contributed by atoms with Gasteiger partial charge in [0.05, 0.1) is 11.1 Å². The summed E-state index contributed by atoms with van der Waals surface area (Å²) >= 11 is 0. The van der Waals surface area contributed by atoms with Gasteiger partial charge in [0, 0.05) is 17.8 Å². The minimum absolute atomic E-state index is 0.0135. The maximum atomic E-state index is 14.2. The number of nitrogens with one attached hydrogen (secondary N) is 3. The van der Waals surface area contributed by atoms with Crippen LogP contribution in [0.3, 0.4) is 0 Å². The van der Waals surface area contributed by atoms with Crippen LogP contribution < -0.4 is 15.8 Å². The highest BCUT2D eigenvalue weighted by atomic mass is 32.2. The van der Waals surface area contributed by atoms with E-state index >= 15 is 0 Å². The third kappa shape index (κ3) is 5.18. The molecule has 0 saturated heterocycles. The van der Waals surface area contributed by atoms with Gasteiger partial charge in [-0.1, -0.05) is 12.1 Å². The van der Waals surface area contributed by atoms with Crippen LogP contribution in [0.1, 0.15) is 11.4 Å². The molecule has 4 rings (SSSR count). The average molecular weight is 440 g/mol. The fourth-order valence-electron chi connectivity index (χ4n) is 2.72. The highest BCUT2D eigenvalue weighted by molar-refractivity contribution is 7.89. The molecule has 5 N–H and O–H groups in total. The van der Waals surface area contributed by atoms with Crippen LogP contribution in [0.2, 0.25) is 0 Å². The SMILES string of the molecule is NS(=O)(=O)c1ccc(Nc2ncc(F)c(Nc3ccc(Cc4nc[nH]n4)cc3)n2)cc1. The third-order valence-electron chi connectivity index (χ3n) is 4.23. The summed E-state index contributed by atoms with van der Waals surface area (Å²) in [5.74, 6) is 0.171. The first-order valence-electron chi connectivity index (χ1n) is 9.00. The number of sulfonamides is 1. The number of benzene rings is 2. The number of halogens is 1. The van der Waals surface area contributed by atoms with E-state index in [0.717, 1.165) is 11.8 Å². The zero-order valence-electron chi connectivity index (χ0n) is 15.9. The van der Waals surface area contributed by atoms with Crippen LogP contribution in [-0.2, 0) is 16.4 Å². The number of H-pyrrole nitrogens is 1. The van der Waals surface area contributed by atoms with Gasteiger partial charge in [0.1, 0.15) is 6.33 Å². The van der Waals surface area contributed by atoms with Gasteiger partial charge in [-0.2, -0.15) is 10.1 Å². The highest BCUT2D eigenvalue weighted by Crippen LogP contribution is 2.22. The predicted molar refractivity (Wildman–Crippen MR) is 112 cm³/mol. The van der Waals surface area contributed by atoms with E-state index in [2.05, 4.69) is 35.8 Å². The van der Waals surface area contributed by atoms with Crippen molar-refractivity contribution < 1.29 is 12.8 Å². The molecule has 0 aliphatic carbocycles. The molecule has 158 valence electrons. The molecular weight excluding hydrogens is 423 g/mol. The lowest BCUT2D eigenvalue weighted by molar-refractivity contribution is 0.598. The smallest absolute Gasteiger partial charge is 0.238 e. The van der Waals surface area contributed by atoms with E-state index in [-0.39, 0.29) is 16.7 Å². The largest absolute Gasteiger partial charge is 0.338 e. The van der Waals surface area contributed by atoms with Crippen molar-refractivity contribution in [3.63, 3.8) is 0 Å². The first kappa shape index (κ1) is 20.4. The summed E-state index contributed by atoms with van der Waals surface area (Å²) in [4.78, 5) is 12.1. The molecule has 12 heteroatoms. The van der Waals surface area contributed by atoms with Gasteiger partial charge in [-0.3, -0.25) is 5.10 Å². The molecule has 0 fully saturated rings. The van der Waals surface area contributed by atoms with Crippen molar-refractivity contribution in [1.82, 2.24) is 25.1 Å². The molecule has 0 amide bonds. The molecule has 31 heavy (non-hydrogen) atoms. The molecule has 0 aliphatic rings. The van der Waals surface area contributed by atoms with Crippen LogP contribution in [0.25, 0.3) is 0 Å². The lowest BCUT2D eigenvalue weighted by atomic mass is 10.1. The van der Waals surface area contributed by atoms with Crippen molar-refractivity contribution in [2.45, 2.75) is 11.3 Å². The van der Waals surface area contributed by atoms with E-state index in [1.165, 1.54) is 30.6 Å². The number of nitrogens with two attached hydrogens (primary N) is 1. The number of aromatic amines is 1. The van der Waals surface area contributed by atoms with Gasteiger partial charge in [0.2, 0.25) is 16.0 Å². The number of nitrogens with zero attached hydrogens (tertiary/aromatic N) is 4. The maximum absolute atomic E-state index is 14.2. The Morgan fingerprint density at radius 2 is 1.65 bits per heavy atom. The second kappa shape index (κ2) is 8.45. The van der Waals surface area contributed by atoms with Crippen LogP contribution in [0.4, 0.5) is 27.5 Å². The molecule has 0 bridgehead atoms. The fourth-order valence-corrected chi connectivity index (χ4v) is 3.23. The second-order valence-electron chi connectivity index (χ2n) is 6.50. The Morgan fingerprint density at radius 3 is 2.29 bits per heavy atom. The van der Waals surface area contributed by atoms with Gasteiger partial charge >= 0.3 is 0 Å². The van der Waals surface area contributed by atoms with Gasteiger partial charge in [-0.25, -0.2) is 27.9 Å². The van der Waals surface area contributed by atoms with Gasteiger partial charge in [-0.05, 0) is 42.0 Å². The topological polar surface area (TPSA) is 152 Å². The van der Waals surface area contributed by atoms with Crippen LogP contribution in [0, 0.1) is 5.82 Å². The van der Waals surface area contributed by atoms with Crippen molar-refractivity contribution >= 4 is 33.2 Å². The number of aromatic nitrogens is 5. The second-order valence-corrected chi connectivity index (χ2v) is 8.06. The van der Waals surface area contributed by atoms with E-state index in [9.17, 15) is 12.8 Å². The summed E-state index contributed by atoms with van der Waals surface area (Å²) in [6, 6.07) is 13.1. The van der Waals surface area contributed by atoms with Gasteiger partial charge in [0.25, 0.3) is 0 Å². The van der Waals surface area contributed by atoms with Crippen molar-refractivity contribution in [2.24, 2.45) is 5.14 Å². The first-order valence-corrected chi connectivity index (χ1v) is 10.5. The Kier molecular flexibility index (Phi) is 5.56. The number of rotatable bonds is 7. The van der Waals surface area contributed by atoms with E-state index in [1.54, 1.807) is 12.1 Å². The summed E-state index contributed by atoms with van der Waals surface area (Å²) in [7, 11) is -3.78. The van der Waals surface area contributed by atoms with Crippen LogP contribution >= 0.6 is 0 Å². The molecule has 0 aliphatic heterocycles. The molecule has 2 heterocycles. The summed E-state index contributed by atoms with van der Waals surface area (Å²) < 4.78 is 36.9. The van der Waals surface area contributed by atoms with E-state index in [4.69, 9.17) is 5.14 Å². The van der Waals surface area contributed by atoms with E-state index < -0.39 is 15.8 Å². The number of hydrogen-bond donors (Lipinski definition) is 4. The summed E-state index contributed by atoms with van der Waals surface area (Å²) in [6.45, 7) is 0. The molecule has 0 saturated carbocycles. The Morgan fingerprint density at radius 1 is 0.968 bits per heavy atom. The fraction of sp³-hybridized carbons (Fsp3) is 0.0526. The lowest BCUT2D eigenvalue weighted by Crippen LogP contribution is -2.11. The minimum atomic E-state index is -3.78. The molecule has 2 aromatic carbocycles. The molecule has 0 radical (unpaired) electrons. The average Bonchev–Trinajstić information content (AvgIpc) is 3.25. The lowest BCUT2D eigenvalue weighted by Gasteiger charge is -2.10. The molecule has 0 unspecified atom stereocenters. The maximum Gasteiger partial charge on any atom is 0.238 e. The minimum Gasteiger partial charge on any atom is -0.338 e. The van der Waals surface area contributed by atoms with Crippen molar-refractivity contribution in [3.8, 4) is 0 Å². The molecular formula is C19H17FN8O2S.